The van der Waals surface area contributed by atoms with E-state index < -0.39 is 18.8 Å². The highest BCUT2D eigenvalue weighted by Crippen LogP contribution is 2.39. The number of rotatable bonds is 3. The van der Waals surface area contributed by atoms with Gasteiger partial charge in [-0.1, -0.05) is 29.8 Å². The summed E-state index contributed by atoms with van der Waals surface area (Å²) >= 11 is 6.34. The molecule has 0 bridgehead atoms. The molecule has 2 heterocycles. The predicted octanol–water partition coefficient (Wildman–Crippen LogP) is 3.67. The number of benzene rings is 2. The number of aromatic nitrogens is 2. The lowest BCUT2D eigenvalue weighted by Gasteiger charge is -2.33. The van der Waals surface area contributed by atoms with Crippen molar-refractivity contribution in [3.05, 3.63) is 53.3 Å². The summed E-state index contributed by atoms with van der Waals surface area (Å²) in [6, 6.07) is 7.42. The van der Waals surface area contributed by atoms with Crippen LogP contribution in [0.1, 0.15) is 12.8 Å². The summed E-state index contributed by atoms with van der Waals surface area (Å²) in [5, 5.41) is 19.2. The molecule has 1 fully saturated rings. The maximum absolute atomic E-state index is 15.3. The van der Waals surface area contributed by atoms with Gasteiger partial charge >= 0.3 is 7.12 Å². The summed E-state index contributed by atoms with van der Waals surface area (Å²) in [5.41, 5.74) is 0.112. The van der Waals surface area contributed by atoms with Gasteiger partial charge in [0.2, 0.25) is 0 Å². The van der Waals surface area contributed by atoms with E-state index in [2.05, 4.69) is 9.97 Å². The Morgan fingerprint density at radius 1 is 1.11 bits per heavy atom. The molecule has 0 unspecified atom stereocenters. The highest BCUT2D eigenvalue weighted by Gasteiger charge is 2.30. The standard InChI is InChI=1S/C19H17BClF2N3O2/c21-14-9-13-18(17(23)16(14)12-3-1-2-4-15(12)22)24-10-25-19(13)26-7-5-11(6-8-26)20(27)28/h1-4,9-11,27-28H,5-8H2. The molecule has 28 heavy (non-hydrogen) atoms. The van der Waals surface area contributed by atoms with Gasteiger partial charge in [-0.2, -0.15) is 0 Å². The minimum atomic E-state index is -1.35. The van der Waals surface area contributed by atoms with Gasteiger partial charge in [-0.25, -0.2) is 18.7 Å². The second-order valence-corrected chi connectivity index (χ2v) is 7.27. The fourth-order valence-corrected chi connectivity index (χ4v) is 3.98. The fourth-order valence-electron chi connectivity index (χ4n) is 3.69. The monoisotopic (exact) mass is 403 g/mol. The number of fused-ring (bicyclic) bond motifs is 1. The summed E-state index contributed by atoms with van der Waals surface area (Å²) in [4.78, 5) is 10.3. The molecule has 0 saturated carbocycles. The van der Waals surface area contributed by atoms with Crippen LogP contribution in [0.2, 0.25) is 10.8 Å². The Kier molecular flexibility index (Phi) is 5.18. The second kappa shape index (κ2) is 7.62. The summed E-state index contributed by atoms with van der Waals surface area (Å²) in [5.74, 6) is -0.937. The summed E-state index contributed by atoms with van der Waals surface area (Å²) in [6.07, 6.45) is 2.42. The number of hydrogen-bond donors (Lipinski definition) is 2. The minimum Gasteiger partial charge on any atom is -0.427 e. The van der Waals surface area contributed by atoms with Gasteiger partial charge in [0.05, 0.1) is 5.02 Å². The van der Waals surface area contributed by atoms with Crippen molar-refractivity contribution in [3.8, 4) is 11.1 Å². The smallest absolute Gasteiger partial charge is 0.427 e. The Hall–Kier alpha value is -2.29. The first kappa shape index (κ1) is 19.0. The van der Waals surface area contributed by atoms with Crippen LogP contribution in [-0.2, 0) is 0 Å². The van der Waals surface area contributed by atoms with Gasteiger partial charge in [0.15, 0.2) is 5.82 Å². The number of nitrogens with zero attached hydrogens (tertiary/aromatic N) is 3. The van der Waals surface area contributed by atoms with Crippen molar-refractivity contribution in [1.82, 2.24) is 9.97 Å². The first-order chi connectivity index (χ1) is 13.5. The van der Waals surface area contributed by atoms with Crippen molar-refractivity contribution >= 4 is 35.4 Å². The molecule has 5 nitrogen and oxygen atoms in total. The molecule has 0 atom stereocenters. The largest absolute Gasteiger partial charge is 0.454 e. The molecular formula is C19H17BClF2N3O2. The number of piperidine rings is 1. The Morgan fingerprint density at radius 2 is 1.82 bits per heavy atom. The Morgan fingerprint density at radius 3 is 2.50 bits per heavy atom. The van der Waals surface area contributed by atoms with Crippen LogP contribution < -0.4 is 4.90 Å². The van der Waals surface area contributed by atoms with E-state index in [0.717, 1.165) is 0 Å². The van der Waals surface area contributed by atoms with Gasteiger partial charge in [-0.3, -0.25) is 0 Å². The number of anilines is 1. The summed E-state index contributed by atoms with van der Waals surface area (Å²) in [6.45, 7) is 1.09. The molecule has 1 aliphatic heterocycles. The Labute approximate surface area is 165 Å². The van der Waals surface area contributed by atoms with Crippen molar-refractivity contribution < 1.29 is 18.8 Å². The lowest BCUT2D eigenvalue weighted by atomic mass is 9.67. The van der Waals surface area contributed by atoms with Crippen molar-refractivity contribution in [2.45, 2.75) is 18.7 Å². The third-order valence-corrected chi connectivity index (χ3v) is 5.50. The third kappa shape index (κ3) is 3.32. The van der Waals surface area contributed by atoms with Crippen molar-refractivity contribution in [1.29, 1.82) is 0 Å². The lowest BCUT2D eigenvalue weighted by Crippen LogP contribution is -2.37. The van der Waals surface area contributed by atoms with Crippen molar-refractivity contribution in [2.75, 3.05) is 18.0 Å². The zero-order valence-electron chi connectivity index (χ0n) is 14.8. The molecule has 1 aliphatic rings. The van der Waals surface area contributed by atoms with Crippen LogP contribution in [0.15, 0.2) is 36.7 Å². The van der Waals surface area contributed by atoms with Gasteiger partial charge in [0.25, 0.3) is 0 Å². The van der Waals surface area contributed by atoms with Crippen LogP contribution in [0.3, 0.4) is 0 Å². The molecule has 2 aromatic carbocycles. The minimum absolute atomic E-state index is 0.0287. The fraction of sp³-hybridized carbons (Fsp3) is 0.263. The topological polar surface area (TPSA) is 69.5 Å². The molecule has 3 aromatic rings. The maximum atomic E-state index is 15.3. The highest BCUT2D eigenvalue weighted by atomic mass is 35.5. The van der Waals surface area contributed by atoms with Crippen molar-refractivity contribution in [2.24, 2.45) is 0 Å². The molecular weight excluding hydrogens is 386 g/mol. The average Bonchev–Trinajstić information content (AvgIpc) is 2.69. The van der Waals surface area contributed by atoms with Crippen LogP contribution in [0, 0.1) is 11.6 Å². The molecule has 4 rings (SSSR count). The first-order valence-electron chi connectivity index (χ1n) is 8.96. The van der Waals surface area contributed by atoms with E-state index in [1.54, 1.807) is 12.1 Å². The van der Waals surface area contributed by atoms with Gasteiger partial charge in [0.1, 0.15) is 23.5 Å². The SMILES string of the molecule is OB(O)C1CCN(c2ncnc3c(F)c(-c4ccccc4F)c(Cl)cc23)CC1. The van der Waals surface area contributed by atoms with E-state index in [0.29, 0.717) is 37.1 Å². The van der Waals surface area contributed by atoms with Crippen LogP contribution in [0.4, 0.5) is 14.6 Å². The summed E-state index contributed by atoms with van der Waals surface area (Å²) < 4.78 is 29.5. The van der Waals surface area contributed by atoms with Crippen LogP contribution >= 0.6 is 11.6 Å². The lowest BCUT2D eigenvalue weighted by molar-refractivity contribution is 0.364. The molecule has 9 heteroatoms. The molecule has 0 aliphatic carbocycles. The van der Waals surface area contributed by atoms with Gasteiger partial charge in [-0.05, 0) is 30.8 Å². The zero-order valence-corrected chi connectivity index (χ0v) is 15.6. The van der Waals surface area contributed by atoms with Crippen LogP contribution in [-0.4, -0.2) is 40.2 Å². The first-order valence-corrected chi connectivity index (χ1v) is 9.34. The summed E-state index contributed by atoms with van der Waals surface area (Å²) in [7, 11) is -1.35. The van der Waals surface area contributed by atoms with E-state index in [1.807, 2.05) is 4.90 Å². The second-order valence-electron chi connectivity index (χ2n) is 6.86. The van der Waals surface area contributed by atoms with Gasteiger partial charge in [-0.15, -0.1) is 0 Å². The Balaban J connectivity index is 1.79. The van der Waals surface area contributed by atoms with Crippen LogP contribution in [0.25, 0.3) is 22.0 Å². The molecule has 1 aromatic heterocycles. The molecule has 0 amide bonds. The van der Waals surface area contributed by atoms with Gasteiger partial charge in [0, 0.05) is 29.6 Å². The Bertz CT molecular complexity index is 1030. The van der Waals surface area contributed by atoms with Crippen molar-refractivity contribution in [3.63, 3.8) is 0 Å². The highest BCUT2D eigenvalue weighted by molar-refractivity contribution is 6.43. The normalized spacial score (nSPS) is 15.2. The average molecular weight is 404 g/mol. The van der Waals surface area contributed by atoms with Crippen LogP contribution in [0.5, 0.6) is 0 Å². The third-order valence-electron chi connectivity index (χ3n) is 5.20. The predicted molar refractivity (Wildman–Crippen MR) is 105 cm³/mol. The molecule has 0 spiro atoms. The van der Waals surface area contributed by atoms with E-state index >= 15 is 4.39 Å². The number of hydrogen-bond acceptors (Lipinski definition) is 5. The van der Waals surface area contributed by atoms with Gasteiger partial charge < -0.3 is 14.9 Å². The molecule has 2 N–H and O–H groups in total. The van der Waals surface area contributed by atoms with E-state index in [-0.39, 0.29) is 27.5 Å². The quantitative estimate of drug-likeness (QED) is 0.653. The molecule has 0 radical (unpaired) electrons. The zero-order chi connectivity index (χ0) is 19.8. The number of halogens is 3. The van der Waals surface area contributed by atoms with E-state index in [9.17, 15) is 14.4 Å². The molecule has 1 saturated heterocycles. The molecule has 144 valence electrons. The van der Waals surface area contributed by atoms with E-state index in [4.69, 9.17) is 11.6 Å². The van der Waals surface area contributed by atoms with E-state index in [1.165, 1.54) is 24.5 Å². The maximum Gasteiger partial charge on any atom is 0.454 e.